The summed E-state index contributed by atoms with van der Waals surface area (Å²) in [7, 11) is 0. The van der Waals surface area contributed by atoms with Crippen molar-refractivity contribution in [1.82, 2.24) is 4.98 Å². The molecule has 1 aromatic rings. The average Bonchev–Trinajstić information content (AvgIpc) is 2.08. The molecule has 0 spiro atoms. The second-order valence-electron chi connectivity index (χ2n) is 1.96. The number of pyridine rings is 1. The van der Waals surface area contributed by atoms with Crippen molar-refractivity contribution in [2.24, 2.45) is 0 Å². The van der Waals surface area contributed by atoms with E-state index >= 15 is 0 Å². The maximum absolute atomic E-state index is 7.15. The van der Waals surface area contributed by atoms with Crippen molar-refractivity contribution < 1.29 is 0 Å². The summed E-state index contributed by atoms with van der Waals surface area (Å²) in [6.45, 7) is 0. The van der Waals surface area contributed by atoms with E-state index in [1.54, 1.807) is 6.20 Å². The molecule has 1 heterocycles. The molecule has 1 aromatic heterocycles. The van der Waals surface area contributed by atoms with Crippen LogP contribution in [-0.2, 0) is 0 Å². The van der Waals surface area contributed by atoms with Crippen LogP contribution in [0.15, 0.2) is 16.9 Å². The van der Waals surface area contributed by atoms with Gasteiger partial charge in [0.25, 0.3) is 0 Å². The Morgan fingerprint density at radius 3 is 3.08 bits per heavy atom. The first-order valence-corrected chi connectivity index (χ1v) is 7.96. The lowest BCUT2D eigenvalue weighted by Crippen LogP contribution is -1.91. The molecule has 1 unspecified atom stereocenters. The fraction of sp³-hybridized carbons (Fsp3) is 0. The highest BCUT2D eigenvalue weighted by atomic mass is 127. The molecule has 0 aliphatic heterocycles. The molecule has 64 valence electrons. The Hall–Kier alpha value is 0.260. The van der Waals surface area contributed by atoms with E-state index in [4.69, 9.17) is 5.41 Å². The summed E-state index contributed by atoms with van der Waals surface area (Å²) >= 11 is 5.48. The Labute approximate surface area is 93.7 Å². The second-order valence-corrected chi connectivity index (χ2v) is 4.83. The third-order valence-corrected chi connectivity index (χ3v) is 2.85. The lowest BCUT2D eigenvalue weighted by Gasteiger charge is -2.04. The highest BCUT2D eigenvalue weighted by molar-refractivity contribution is 14.2. The normalized spacial score (nSPS) is 10.5. The van der Waals surface area contributed by atoms with Gasteiger partial charge in [0.15, 0.2) is 0 Å². The van der Waals surface area contributed by atoms with Crippen molar-refractivity contribution >= 4 is 56.2 Å². The molecule has 0 fully saturated rings. The molecule has 0 aliphatic rings. The summed E-state index contributed by atoms with van der Waals surface area (Å²) in [6.07, 6.45) is 3.62. The number of rotatable bonds is 3. The Balaban J connectivity index is 3.02. The summed E-state index contributed by atoms with van der Waals surface area (Å²) in [4.78, 5) is 4.06. The zero-order valence-corrected chi connectivity index (χ0v) is 10.7. The van der Waals surface area contributed by atoms with Gasteiger partial charge in [-0.05, 0) is 44.0 Å². The second kappa shape index (κ2) is 5.09. The van der Waals surface area contributed by atoms with Gasteiger partial charge in [-0.3, -0.25) is 0 Å². The largest absolute Gasteiger partial charge is 0.357 e. The molecule has 0 saturated carbocycles. The van der Waals surface area contributed by atoms with Crippen LogP contribution in [-0.4, -0.2) is 11.2 Å². The van der Waals surface area contributed by atoms with Gasteiger partial charge in [0.1, 0.15) is 4.60 Å². The summed E-state index contributed by atoms with van der Waals surface area (Å²) in [5.41, 5.74) is 1.75. The number of nitrogens with one attached hydrogen (secondary N) is 2. The van der Waals surface area contributed by atoms with Crippen molar-refractivity contribution in [2.75, 3.05) is 5.09 Å². The van der Waals surface area contributed by atoms with Crippen LogP contribution in [0.3, 0.4) is 0 Å². The summed E-state index contributed by atoms with van der Waals surface area (Å²) < 4.78 is 0.753. The molecule has 0 aliphatic carbocycles. The average molecular weight is 358 g/mol. The molecular formula is C6H6BrIN3P. The van der Waals surface area contributed by atoms with Gasteiger partial charge in [0.05, 0.1) is 11.9 Å². The first-order valence-electron chi connectivity index (χ1n) is 3.05. The third-order valence-electron chi connectivity index (χ3n) is 1.24. The number of anilines is 1. The molecule has 6 heteroatoms. The molecule has 2 N–H and O–H groups in total. The van der Waals surface area contributed by atoms with Gasteiger partial charge in [0, 0.05) is 18.2 Å². The first-order chi connectivity index (χ1) is 5.77. The molecule has 0 radical (unpaired) electrons. The Morgan fingerprint density at radius 2 is 2.50 bits per heavy atom. The highest BCUT2D eigenvalue weighted by Crippen LogP contribution is 2.26. The monoisotopic (exact) mass is 357 g/mol. The first kappa shape index (κ1) is 10.3. The molecule has 1 atom stereocenters. The SMILES string of the molecule is N=Cc1cc(Br)ncc1NPI. The van der Waals surface area contributed by atoms with Crippen molar-refractivity contribution in [3.05, 3.63) is 22.4 Å². The molecule has 0 aromatic carbocycles. The van der Waals surface area contributed by atoms with E-state index in [1.165, 1.54) is 6.21 Å². The topological polar surface area (TPSA) is 48.8 Å². The zero-order chi connectivity index (χ0) is 8.97. The molecule has 0 bridgehead atoms. The van der Waals surface area contributed by atoms with Gasteiger partial charge in [-0.15, -0.1) is 0 Å². The summed E-state index contributed by atoms with van der Waals surface area (Å²) in [5, 5.41) is 10.3. The van der Waals surface area contributed by atoms with Gasteiger partial charge >= 0.3 is 0 Å². The van der Waals surface area contributed by atoms with Crippen molar-refractivity contribution in [1.29, 1.82) is 5.41 Å². The standard InChI is InChI=1S/C6H6BrIN3P/c7-6-1-4(2-9)5(3-10-6)11-12-8/h1-3,9,11-12H. The molecule has 0 amide bonds. The van der Waals surface area contributed by atoms with Gasteiger partial charge in [-0.25, -0.2) is 4.98 Å². The van der Waals surface area contributed by atoms with Crippen LogP contribution >= 0.6 is 44.3 Å². The summed E-state index contributed by atoms with van der Waals surface area (Å²) in [6, 6.07) is 1.81. The van der Waals surface area contributed by atoms with Crippen LogP contribution in [0, 0.1) is 5.41 Å². The molecule has 1 rings (SSSR count). The number of hydrogen-bond donors (Lipinski definition) is 2. The van der Waals surface area contributed by atoms with E-state index in [-0.39, 0.29) is 0 Å². The van der Waals surface area contributed by atoms with E-state index in [9.17, 15) is 0 Å². The van der Waals surface area contributed by atoms with Crippen LogP contribution in [0.1, 0.15) is 5.56 Å². The van der Waals surface area contributed by atoms with Crippen LogP contribution in [0.2, 0.25) is 0 Å². The van der Waals surface area contributed by atoms with Gasteiger partial charge in [-0.2, -0.15) is 0 Å². The quantitative estimate of drug-likeness (QED) is 0.378. The van der Waals surface area contributed by atoms with Crippen LogP contribution in [0.4, 0.5) is 5.69 Å². The fourth-order valence-electron chi connectivity index (χ4n) is 0.719. The number of nitrogens with zero attached hydrogens (tertiary/aromatic N) is 1. The Morgan fingerprint density at radius 1 is 1.75 bits per heavy atom. The van der Waals surface area contributed by atoms with Gasteiger partial charge in [-0.1, -0.05) is 0 Å². The minimum absolute atomic E-state index is 0.593. The lowest BCUT2D eigenvalue weighted by molar-refractivity contribution is 1.27. The minimum atomic E-state index is 0.593. The van der Waals surface area contributed by atoms with Crippen LogP contribution < -0.4 is 5.09 Å². The zero-order valence-electron chi connectivity index (χ0n) is 5.94. The number of hydrogen-bond acceptors (Lipinski definition) is 3. The third kappa shape index (κ3) is 2.64. The minimum Gasteiger partial charge on any atom is -0.357 e. The van der Waals surface area contributed by atoms with Crippen LogP contribution in [0.25, 0.3) is 0 Å². The van der Waals surface area contributed by atoms with Crippen LogP contribution in [0.5, 0.6) is 0 Å². The number of halogens is 2. The van der Waals surface area contributed by atoms with Gasteiger partial charge < -0.3 is 10.5 Å². The van der Waals surface area contributed by atoms with E-state index in [2.05, 4.69) is 48.0 Å². The molecular weight excluding hydrogens is 352 g/mol. The highest BCUT2D eigenvalue weighted by Gasteiger charge is 1.99. The predicted molar refractivity (Wildman–Crippen MR) is 65.8 cm³/mol. The van der Waals surface area contributed by atoms with Gasteiger partial charge in [0.2, 0.25) is 0 Å². The lowest BCUT2D eigenvalue weighted by atomic mass is 10.2. The molecule has 0 saturated heterocycles. The summed E-state index contributed by atoms with van der Waals surface area (Å²) in [5.74, 6) is 0. The smallest absolute Gasteiger partial charge is 0.106 e. The van der Waals surface area contributed by atoms with E-state index in [1.807, 2.05) is 6.07 Å². The molecule has 3 nitrogen and oxygen atoms in total. The Kier molecular flexibility index (Phi) is 4.39. The number of aromatic nitrogens is 1. The van der Waals surface area contributed by atoms with Crippen molar-refractivity contribution in [3.8, 4) is 0 Å². The Bertz CT molecular complexity index is 294. The predicted octanol–water partition coefficient (Wildman–Crippen LogP) is 3.20. The van der Waals surface area contributed by atoms with Crippen molar-refractivity contribution in [3.63, 3.8) is 0 Å². The van der Waals surface area contributed by atoms with E-state index in [0.717, 1.165) is 15.9 Å². The fourth-order valence-corrected chi connectivity index (χ4v) is 2.25. The van der Waals surface area contributed by atoms with E-state index in [0.29, 0.717) is 6.37 Å². The molecule has 12 heavy (non-hydrogen) atoms. The maximum Gasteiger partial charge on any atom is 0.106 e. The van der Waals surface area contributed by atoms with E-state index < -0.39 is 0 Å². The maximum atomic E-state index is 7.15. The van der Waals surface area contributed by atoms with Crippen molar-refractivity contribution in [2.45, 2.75) is 0 Å².